The van der Waals surface area contributed by atoms with Crippen molar-refractivity contribution in [3.8, 4) is 0 Å². The first-order valence-corrected chi connectivity index (χ1v) is 8.96. The lowest BCUT2D eigenvalue weighted by atomic mass is 10.2. The number of likely N-dealkylation sites (N-methyl/N-ethyl adjacent to an activating group) is 1. The zero-order valence-electron chi connectivity index (χ0n) is 13.7. The molecule has 0 saturated heterocycles. The second-order valence-electron chi connectivity index (χ2n) is 5.37. The second kappa shape index (κ2) is 9.02. The van der Waals surface area contributed by atoms with E-state index in [1.807, 2.05) is 13.8 Å². The number of amides is 3. The average molecular weight is 404 g/mol. The van der Waals surface area contributed by atoms with Gasteiger partial charge in [-0.1, -0.05) is 6.92 Å². The molecule has 0 aromatic carbocycles. The maximum Gasteiger partial charge on any atom is 0.264 e. The third-order valence-electron chi connectivity index (χ3n) is 3.28. The standard InChI is InChI=1S/C15H22BrN3O3S/c1-5-9(2)17-14(21)10(3)18-13(20)8-19(4)15(22)11-6-7-12(16)23-11/h6-7,9-10H,5,8H2,1-4H3,(H,17,21)(H,18,20). The largest absolute Gasteiger partial charge is 0.352 e. The zero-order chi connectivity index (χ0) is 17.6. The summed E-state index contributed by atoms with van der Waals surface area (Å²) in [4.78, 5) is 37.9. The van der Waals surface area contributed by atoms with E-state index < -0.39 is 6.04 Å². The quantitative estimate of drug-likeness (QED) is 0.730. The van der Waals surface area contributed by atoms with Crippen molar-refractivity contribution in [3.63, 3.8) is 0 Å². The number of carbonyl (C=O) groups is 3. The van der Waals surface area contributed by atoms with Crippen LogP contribution >= 0.6 is 27.3 Å². The molecule has 0 aliphatic carbocycles. The van der Waals surface area contributed by atoms with Gasteiger partial charge in [-0.25, -0.2) is 0 Å². The van der Waals surface area contributed by atoms with Gasteiger partial charge in [-0.3, -0.25) is 14.4 Å². The SMILES string of the molecule is CCC(C)NC(=O)C(C)NC(=O)CN(C)C(=O)c1ccc(Br)s1. The molecule has 8 heteroatoms. The van der Waals surface area contributed by atoms with E-state index in [0.717, 1.165) is 10.2 Å². The lowest BCUT2D eigenvalue weighted by Gasteiger charge is -2.20. The van der Waals surface area contributed by atoms with Crippen LogP contribution in [0.5, 0.6) is 0 Å². The Morgan fingerprint density at radius 1 is 1.26 bits per heavy atom. The van der Waals surface area contributed by atoms with Crippen LogP contribution in [0.3, 0.4) is 0 Å². The van der Waals surface area contributed by atoms with Gasteiger partial charge < -0.3 is 15.5 Å². The van der Waals surface area contributed by atoms with E-state index in [-0.39, 0.29) is 30.3 Å². The van der Waals surface area contributed by atoms with Crippen molar-refractivity contribution < 1.29 is 14.4 Å². The predicted molar refractivity (Wildman–Crippen MR) is 94.5 cm³/mol. The van der Waals surface area contributed by atoms with Crippen LogP contribution in [-0.2, 0) is 9.59 Å². The van der Waals surface area contributed by atoms with Crippen LogP contribution in [0.25, 0.3) is 0 Å². The van der Waals surface area contributed by atoms with E-state index in [2.05, 4.69) is 26.6 Å². The summed E-state index contributed by atoms with van der Waals surface area (Å²) in [5, 5.41) is 5.40. The molecule has 1 heterocycles. The van der Waals surface area contributed by atoms with Crippen molar-refractivity contribution in [1.29, 1.82) is 0 Å². The number of thiophene rings is 1. The molecular weight excluding hydrogens is 382 g/mol. The molecule has 0 fully saturated rings. The number of halogens is 1. The van der Waals surface area contributed by atoms with Crippen LogP contribution in [0.1, 0.15) is 36.9 Å². The van der Waals surface area contributed by atoms with Crippen LogP contribution in [0.4, 0.5) is 0 Å². The third-order valence-corrected chi connectivity index (χ3v) is 4.89. The molecule has 2 unspecified atom stereocenters. The highest BCUT2D eigenvalue weighted by atomic mass is 79.9. The lowest BCUT2D eigenvalue weighted by Crippen LogP contribution is -2.49. The van der Waals surface area contributed by atoms with Crippen LogP contribution in [0.2, 0.25) is 0 Å². The molecule has 0 radical (unpaired) electrons. The number of hydrogen-bond donors (Lipinski definition) is 2. The summed E-state index contributed by atoms with van der Waals surface area (Å²) in [5.74, 6) is -0.834. The number of carbonyl (C=O) groups excluding carboxylic acids is 3. The van der Waals surface area contributed by atoms with Crippen molar-refractivity contribution in [3.05, 3.63) is 20.8 Å². The number of rotatable bonds is 7. The number of hydrogen-bond acceptors (Lipinski definition) is 4. The summed E-state index contributed by atoms with van der Waals surface area (Å²) in [6, 6.07) is 2.90. The Bertz CT molecular complexity index is 576. The van der Waals surface area contributed by atoms with Gasteiger partial charge in [0.1, 0.15) is 6.04 Å². The zero-order valence-corrected chi connectivity index (χ0v) is 16.1. The van der Waals surface area contributed by atoms with Crippen molar-refractivity contribution in [2.45, 2.75) is 39.3 Å². The van der Waals surface area contributed by atoms with E-state index in [1.165, 1.54) is 16.2 Å². The lowest BCUT2D eigenvalue weighted by molar-refractivity contribution is -0.129. The number of nitrogens with one attached hydrogen (secondary N) is 2. The first-order chi connectivity index (χ1) is 10.7. The van der Waals surface area contributed by atoms with E-state index in [1.54, 1.807) is 26.1 Å². The summed E-state index contributed by atoms with van der Waals surface area (Å²) in [6.45, 7) is 5.39. The molecule has 23 heavy (non-hydrogen) atoms. The van der Waals surface area contributed by atoms with Gasteiger partial charge in [0.05, 0.1) is 15.2 Å². The van der Waals surface area contributed by atoms with E-state index in [0.29, 0.717) is 4.88 Å². The van der Waals surface area contributed by atoms with Crippen molar-refractivity contribution in [2.75, 3.05) is 13.6 Å². The highest BCUT2D eigenvalue weighted by Gasteiger charge is 2.20. The molecule has 128 valence electrons. The van der Waals surface area contributed by atoms with Gasteiger partial charge in [0.15, 0.2) is 0 Å². The molecule has 0 saturated carbocycles. The average Bonchev–Trinajstić information content (AvgIpc) is 2.92. The Balaban J connectivity index is 2.49. The monoisotopic (exact) mass is 403 g/mol. The molecular formula is C15H22BrN3O3S. The molecule has 1 aromatic heterocycles. The predicted octanol–water partition coefficient (Wildman–Crippen LogP) is 2.00. The molecule has 1 rings (SSSR count). The summed E-state index contributed by atoms with van der Waals surface area (Å²) >= 11 is 4.61. The van der Waals surface area contributed by atoms with Gasteiger partial charge in [-0.05, 0) is 48.3 Å². The molecule has 2 atom stereocenters. The first kappa shape index (κ1) is 19.6. The molecule has 2 N–H and O–H groups in total. The van der Waals surface area contributed by atoms with Crippen molar-refractivity contribution >= 4 is 45.0 Å². The molecule has 1 aromatic rings. The Labute approximate surface area is 148 Å². The smallest absolute Gasteiger partial charge is 0.264 e. The van der Waals surface area contributed by atoms with E-state index in [4.69, 9.17) is 0 Å². The van der Waals surface area contributed by atoms with Crippen molar-refractivity contribution in [2.24, 2.45) is 0 Å². The molecule has 0 spiro atoms. The van der Waals surface area contributed by atoms with Gasteiger partial charge in [0.25, 0.3) is 5.91 Å². The fraction of sp³-hybridized carbons (Fsp3) is 0.533. The highest BCUT2D eigenvalue weighted by molar-refractivity contribution is 9.11. The van der Waals surface area contributed by atoms with Crippen LogP contribution in [0.15, 0.2) is 15.9 Å². The maximum absolute atomic E-state index is 12.2. The molecule has 3 amide bonds. The summed E-state index contributed by atoms with van der Waals surface area (Å²) < 4.78 is 0.856. The van der Waals surface area contributed by atoms with Gasteiger partial charge in [-0.2, -0.15) is 0 Å². The first-order valence-electron chi connectivity index (χ1n) is 7.35. The number of nitrogens with zero attached hydrogens (tertiary/aromatic N) is 1. The molecule has 0 aliphatic heterocycles. The second-order valence-corrected chi connectivity index (χ2v) is 7.84. The molecule has 0 bridgehead atoms. The Hall–Kier alpha value is -1.41. The minimum atomic E-state index is -0.643. The minimum Gasteiger partial charge on any atom is -0.352 e. The van der Waals surface area contributed by atoms with E-state index in [9.17, 15) is 14.4 Å². The molecule has 6 nitrogen and oxygen atoms in total. The van der Waals surface area contributed by atoms with Crippen LogP contribution in [0, 0.1) is 0 Å². The Morgan fingerprint density at radius 2 is 1.91 bits per heavy atom. The highest BCUT2D eigenvalue weighted by Crippen LogP contribution is 2.22. The van der Waals surface area contributed by atoms with Gasteiger partial charge in [0, 0.05) is 13.1 Å². The van der Waals surface area contributed by atoms with Gasteiger partial charge in [-0.15, -0.1) is 11.3 Å². The van der Waals surface area contributed by atoms with Gasteiger partial charge >= 0.3 is 0 Å². The Kier molecular flexibility index (Phi) is 7.70. The van der Waals surface area contributed by atoms with E-state index >= 15 is 0 Å². The third kappa shape index (κ3) is 6.31. The van der Waals surface area contributed by atoms with Crippen LogP contribution in [-0.4, -0.2) is 48.3 Å². The molecule has 0 aliphatic rings. The van der Waals surface area contributed by atoms with Crippen LogP contribution < -0.4 is 10.6 Å². The normalized spacial score (nSPS) is 13.1. The fourth-order valence-corrected chi connectivity index (χ4v) is 3.11. The van der Waals surface area contributed by atoms with Gasteiger partial charge in [0.2, 0.25) is 11.8 Å². The minimum absolute atomic E-state index is 0.0587. The summed E-state index contributed by atoms with van der Waals surface area (Å²) in [7, 11) is 1.55. The maximum atomic E-state index is 12.2. The fourth-order valence-electron chi connectivity index (χ4n) is 1.73. The Morgan fingerprint density at radius 3 is 2.43 bits per heavy atom. The van der Waals surface area contributed by atoms with Crippen molar-refractivity contribution in [1.82, 2.24) is 15.5 Å². The summed E-state index contributed by atoms with van der Waals surface area (Å²) in [5.41, 5.74) is 0. The summed E-state index contributed by atoms with van der Waals surface area (Å²) in [6.07, 6.45) is 0.819. The topological polar surface area (TPSA) is 78.5 Å².